The molecule has 2 aliphatic rings. The van der Waals surface area contributed by atoms with E-state index < -0.39 is 0 Å². The Labute approximate surface area is 177 Å². The Morgan fingerprint density at radius 2 is 2.03 bits per heavy atom. The van der Waals surface area contributed by atoms with E-state index in [9.17, 15) is 4.79 Å². The molecule has 1 aromatic rings. The van der Waals surface area contributed by atoms with Crippen molar-refractivity contribution in [1.82, 2.24) is 15.8 Å². The van der Waals surface area contributed by atoms with Gasteiger partial charge < -0.3 is 29.7 Å². The van der Waals surface area contributed by atoms with Crippen LogP contribution in [0, 0.1) is 5.92 Å². The second kappa shape index (κ2) is 12.7. The number of aromatic nitrogens is 1. The summed E-state index contributed by atoms with van der Waals surface area (Å²) in [5.74, 6) is 1.07. The summed E-state index contributed by atoms with van der Waals surface area (Å²) >= 11 is 0. The lowest BCUT2D eigenvalue weighted by Gasteiger charge is -2.38. The molecule has 2 heterocycles. The maximum atomic E-state index is 12.6. The molecular formula is C21H35N3O6. The first kappa shape index (κ1) is 24.3. The summed E-state index contributed by atoms with van der Waals surface area (Å²) in [6.07, 6.45) is 4.74. The zero-order valence-electron chi connectivity index (χ0n) is 18.1. The topological polar surface area (TPSA) is 123 Å². The second-order valence-electron chi connectivity index (χ2n) is 8.14. The molecule has 1 amide bonds. The summed E-state index contributed by atoms with van der Waals surface area (Å²) < 4.78 is 16.4. The normalized spacial score (nSPS) is 24.7. The number of amides is 1. The van der Waals surface area contributed by atoms with Gasteiger partial charge in [0.05, 0.1) is 18.3 Å². The SMILES string of the molecule is CO[C@H]1C[C@@H](C(=O)NCc2cc(C(C)C)no2)CC[C@@H]1NC1CCOCC1.O=CO. The van der Waals surface area contributed by atoms with E-state index in [1.54, 1.807) is 7.11 Å². The molecule has 3 rings (SSSR count). The van der Waals surface area contributed by atoms with Crippen LogP contribution in [0.5, 0.6) is 0 Å². The lowest BCUT2D eigenvalue weighted by Crippen LogP contribution is -2.52. The fourth-order valence-electron chi connectivity index (χ4n) is 3.99. The van der Waals surface area contributed by atoms with Crippen molar-refractivity contribution in [2.45, 2.75) is 76.6 Å². The van der Waals surface area contributed by atoms with E-state index in [0.29, 0.717) is 30.3 Å². The maximum absolute atomic E-state index is 12.6. The van der Waals surface area contributed by atoms with Crippen molar-refractivity contribution >= 4 is 12.4 Å². The molecule has 1 aromatic heterocycles. The molecule has 170 valence electrons. The monoisotopic (exact) mass is 425 g/mol. The molecular weight excluding hydrogens is 390 g/mol. The highest BCUT2D eigenvalue weighted by atomic mass is 16.5. The van der Waals surface area contributed by atoms with Crippen molar-refractivity contribution in [1.29, 1.82) is 0 Å². The smallest absolute Gasteiger partial charge is 0.290 e. The van der Waals surface area contributed by atoms with Crippen LogP contribution in [0.3, 0.4) is 0 Å². The van der Waals surface area contributed by atoms with E-state index >= 15 is 0 Å². The summed E-state index contributed by atoms with van der Waals surface area (Å²) in [6.45, 7) is 5.92. The Morgan fingerprint density at radius 3 is 2.63 bits per heavy atom. The van der Waals surface area contributed by atoms with Crippen molar-refractivity contribution < 1.29 is 28.7 Å². The van der Waals surface area contributed by atoms with Gasteiger partial charge in [-0.2, -0.15) is 0 Å². The summed E-state index contributed by atoms with van der Waals surface area (Å²) in [5, 5.41) is 17.6. The van der Waals surface area contributed by atoms with Gasteiger partial charge in [-0.1, -0.05) is 19.0 Å². The largest absolute Gasteiger partial charge is 0.483 e. The highest BCUT2D eigenvalue weighted by Gasteiger charge is 2.35. The number of rotatable bonds is 7. The number of hydrogen-bond donors (Lipinski definition) is 3. The van der Waals surface area contributed by atoms with E-state index in [1.165, 1.54) is 0 Å². The van der Waals surface area contributed by atoms with Crippen molar-refractivity contribution in [3.8, 4) is 0 Å². The van der Waals surface area contributed by atoms with Gasteiger partial charge in [0.15, 0.2) is 5.76 Å². The second-order valence-corrected chi connectivity index (χ2v) is 8.14. The third kappa shape index (κ3) is 7.37. The van der Waals surface area contributed by atoms with Gasteiger partial charge in [0, 0.05) is 44.4 Å². The maximum Gasteiger partial charge on any atom is 0.290 e. The molecule has 1 aliphatic heterocycles. The first-order chi connectivity index (χ1) is 14.5. The Kier molecular flexibility index (Phi) is 10.3. The molecule has 1 saturated carbocycles. The Balaban J connectivity index is 0.00000101. The molecule has 1 aliphatic carbocycles. The van der Waals surface area contributed by atoms with Gasteiger partial charge >= 0.3 is 0 Å². The van der Waals surface area contributed by atoms with Gasteiger partial charge in [0.25, 0.3) is 6.47 Å². The first-order valence-electron chi connectivity index (χ1n) is 10.7. The molecule has 9 heteroatoms. The molecule has 30 heavy (non-hydrogen) atoms. The average molecular weight is 426 g/mol. The standard InChI is InChI=1S/C20H33N3O4.CH2O2/c1-13(2)18-11-16(27-23-18)12-21-20(24)14-4-5-17(19(10-14)25-3)22-15-6-8-26-9-7-15;2-1-3/h11,13-15,17,19,22H,4-10,12H2,1-3H3,(H,21,24);1H,(H,2,3)/t14-,17-,19-;/m0./s1. The molecule has 0 unspecified atom stereocenters. The Bertz CT molecular complexity index is 644. The number of nitrogens with zero attached hydrogens (tertiary/aromatic N) is 1. The molecule has 0 spiro atoms. The summed E-state index contributed by atoms with van der Waals surface area (Å²) in [4.78, 5) is 21.0. The average Bonchev–Trinajstić information content (AvgIpc) is 3.23. The van der Waals surface area contributed by atoms with Crippen molar-refractivity contribution in [3.05, 3.63) is 17.5 Å². The van der Waals surface area contributed by atoms with Crippen LogP contribution in [0.15, 0.2) is 10.6 Å². The van der Waals surface area contributed by atoms with Gasteiger partial charge in [0.1, 0.15) is 0 Å². The quantitative estimate of drug-likeness (QED) is 0.568. The van der Waals surface area contributed by atoms with E-state index in [-0.39, 0.29) is 24.4 Å². The molecule has 0 aromatic carbocycles. The Morgan fingerprint density at radius 1 is 1.33 bits per heavy atom. The minimum absolute atomic E-state index is 0.0184. The lowest BCUT2D eigenvalue weighted by molar-refractivity contribution is -0.128. The predicted molar refractivity (Wildman–Crippen MR) is 110 cm³/mol. The van der Waals surface area contributed by atoms with E-state index in [4.69, 9.17) is 23.9 Å². The van der Waals surface area contributed by atoms with Crippen LogP contribution < -0.4 is 10.6 Å². The summed E-state index contributed by atoms with van der Waals surface area (Å²) in [7, 11) is 1.74. The molecule has 3 N–H and O–H groups in total. The van der Waals surface area contributed by atoms with Crippen molar-refractivity contribution in [3.63, 3.8) is 0 Å². The van der Waals surface area contributed by atoms with Gasteiger partial charge in [-0.05, 0) is 38.0 Å². The highest BCUT2D eigenvalue weighted by molar-refractivity contribution is 5.78. The molecule has 0 bridgehead atoms. The molecule has 1 saturated heterocycles. The number of nitrogens with one attached hydrogen (secondary N) is 2. The molecule has 2 fully saturated rings. The minimum atomic E-state index is -0.250. The number of carboxylic acid groups (broad SMARTS) is 1. The zero-order chi connectivity index (χ0) is 21.9. The van der Waals surface area contributed by atoms with E-state index in [0.717, 1.165) is 51.0 Å². The zero-order valence-corrected chi connectivity index (χ0v) is 18.1. The van der Waals surface area contributed by atoms with Crippen LogP contribution in [0.4, 0.5) is 0 Å². The van der Waals surface area contributed by atoms with E-state index in [2.05, 4.69) is 29.6 Å². The van der Waals surface area contributed by atoms with Gasteiger partial charge in [-0.25, -0.2) is 0 Å². The fourth-order valence-corrected chi connectivity index (χ4v) is 3.99. The minimum Gasteiger partial charge on any atom is -0.483 e. The van der Waals surface area contributed by atoms with Gasteiger partial charge in [-0.3, -0.25) is 9.59 Å². The number of hydrogen-bond acceptors (Lipinski definition) is 7. The number of ether oxygens (including phenoxy) is 2. The number of carbonyl (C=O) groups is 2. The lowest BCUT2D eigenvalue weighted by atomic mass is 9.82. The molecule has 9 nitrogen and oxygen atoms in total. The van der Waals surface area contributed by atoms with Crippen LogP contribution in [0.25, 0.3) is 0 Å². The molecule has 0 radical (unpaired) electrons. The van der Waals surface area contributed by atoms with Crippen LogP contribution in [0.1, 0.15) is 63.3 Å². The number of methoxy groups -OCH3 is 1. The first-order valence-corrected chi connectivity index (χ1v) is 10.7. The Hall–Kier alpha value is -1.97. The summed E-state index contributed by atoms with van der Waals surface area (Å²) in [5.41, 5.74) is 0.915. The van der Waals surface area contributed by atoms with Crippen molar-refractivity contribution in [2.24, 2.45) is 5.92 Å². The fraction of sp³-hybridized carbons (Fsp3) is 0.762. The third-order valence-corrected chi connectivity index (χ3v) is 5.74. The van der Waals surface area contributed by atoms with E-state index in [1.807, 2.05) is 6.07 Å². The van der Waals surface area contributed by atoms with Gasteiger partial charge in [-0.15, -0.1) is 0 Å². The summed E-state index contributed by atoms with van der Waals surface area (Å²) in [6, 6.07) is 2.72. The van der Waals surface area contributed by atoms with Crippen LogP contribution in [-0.4, -0.2) is 61.2 Å². The van der Waals surface area contributed by atoms with Crippen molar-refractivity contribution in [2.75, 3.05) is 20.3 Å². The highest BCUT2D eigenvalue weighted by Crippen LogP contribution is 2.28. The predicted octanol–water partition coefficient (Wildman–Crippen LogP) is 2.07. The van der Waals surface area contributed by atoms with Gasteiger partial charge in [0.2, 0.25) is 5.91 Å². The van der Waals surface area contributed by atoms with Crippen LogP contribution >= 0.6 is 0 Å². The van der Waals surface area contributed by atoms with Crippen LogP contribution in [-0.2, 0) is 25.6 Å². The van der Waals surface area contributed by atoms with Crippen LogP contribution in [0.2, 0.25) is 0 Å². The number of carbonyl (C=O) groups excluding carboxylic acids is 1. The third-order valence-electron chi connectivity index (χ3n) is 5.74. The molecule has 3 atom stereocenters.